The van der Waals surface area contributed by atoms with E-state index in [9.17, 15) is 13.6 Å². The van der Waals surface area contributed by atoms with E-state index >= 15 is 0 Å². The number of carbonyl (C=O) groups excluding carboxylic acids is 1. The summed E-state index contributed by atoms with van der Waals surface area (Å²) in [6, 6.07) is 3.02. The third kappa shape index (κ3) is 2.75. The zero-order chi connectivity index (χ0) is 11.6. The molecule has 0 heterocycles. The van der Waals surface area contributed by atoms with Gasteiger partial charge in [-0.3, -0.25) is 4.79 Å². The second kappa shape index (κ2) is 4.38. The van der Waals surface area contributed by atoms with Gasteiger partial charge >= 0.3 is 6.61 Å². The molecule has 0 aliphatic rings. The first-order valence-electron chi connectivity index (χ1n) is 4.49. The molecule has 0 bridgehead atoms. The highest BCUT2D eigenvalue weighted by Crippen LogP contribution is 2.24. The number of alkyl halides is 2. The predicted molar refractivity (Wildman–Crippen MR) is 52.6 cm³/mol. The van der Waals surface area contributed by atoms with Gasteiger partial charge in [-0.05, 0) is 44.0 Å². The lowest BCUT2D eigenvalue weighted by Crippen LogP contribution is -2.05. The number of halogens is 2. The Hall–Kier alpha value is -1.45. The van der Waals surface area contributed by atoms with Crippen LogP contribution in [0.1, 0.15) is 28.4 Å². The van der Waals surface area contributed by atoms with E-state index in [-0.39, 0.29) is 11.5 Å². The first-order chi connectivity index (χ1) is 6.91. The van der Waals surface area contributed by atoms with Gasteiger partial charge in [0.05, 0.1) is 0 Å². The minimum atomic E-state index is -2.84. The Balaban J connectivity index is 3.13. The summed E-state index contributed by atoms with van der Waals surface area (Å²) in [7, 11) is 0. The van der Waals surface area contributed by atoms with Crippen LogP contribution in [-0.4, -0.2) is 12.4 Å². The van der Waals surface area contributed by atoms with Crippen molar-refractivity contribution in [2.24, 2.45) is 0 Å². The molecule has 0 atom stereocenters. The lowest BCUT2D eigenvalue weighted by Gasteiger charge is -2.11. The molecule has 0 radical (unpaired) electrons. The van der Waals surface area contributed by atoms with Gasteiger partial charge in [0.25, 0.3) is 0 Å². The van der Waals surface area contributed by atoms with Crippen LogP contribution in [0, 0.1) is 13.8 Å². The van der Waals surface area contributed by atoms with Gasteiger partial charge in [0.2, 0.25) is 0 Å². The molecular weight excluding hydrogens is 202 g/mol. The van der Waals surface area contributed by atoms with Crippen LogP contribution in [0.15, 0.2) is 12.1 Å². The van der Waals surface area contributed by atoms with Crippen molar-refractivity contribution in [3.05, 3.63) is 28.8 Å². The average Bonchev–Trinajstić information content (AvgIpc) is 2.09. The quantitative estimate of drug-likeness (QED) is 0.722. The molecule has 0 aliphatic heterocycles. The molecule has 1 aromatic rings. The third-order valence-corrected chi connectivity index (χ3v) is 2.12. The van der Waals surface area contributed by atoms with Crippen molar-refractivity contribution in [3.63, 3.8) is 0 Å². The van der Waals surface area contributed by atoms with E-state index in [4.69, 9.17) is 0 Å². The number of ether oxygens (including phenoxy) is 1. The van der Waals surface area contributed by atoms with Crippen molar-refractivity contribution in [2.75, 3.05) is 0 Å². The van der Waals surface area contributed by atoms with Crippen LogP contribution in [-0.2, 0) is 0 Å². The van der Waals surface area contributed by atoms with Crippen molar-refractivity contribution in [2.45, 2.75) is 27.4 Å². The van der Waals surface area contributed by atoms with Crippen LogP contribution in [0.3, 0.4) is 0 Å². The van der Waals surface area contributed by atoms with E-state index in [1.807, 2.05) is 0 Å². The molecule has 0 spiro atoms. The predicted octanol–water partition coefficient (Wildman–Crippen LogP) is 3.11. The fraction of sp³-hybridized carbons (Fsp3) is 0.364. The van der Waals surface area contributed by atoms with Crippen molar-refractivity contribution >= 4 is 5.78 Å². The minimum Gasteiger partial charge on any atom is -0.435 e. The number of hydrogen-bond acceptors (Lipinski definition) is 2. The van der Waals surface area contributed by atoms with Crippen molar-refractivity contribution in [3.8, 4) is 5.75 Å². The Morgan fingerprint density at radius 1 is 1.27 bits per heavy atom. The molecule has 0 saturated carbocycles. The third-order valence-electron chi connectivity index (χ3n) is 2.12. The summed E-state index contributed by atoms with van der Waals surface area (Å²) < 4.78 is 28.3. The molecule has 0 aliphatic carbocycles. The molecule has 0 saturated heterocycles. The molecule has 82 valence electrons. The molecule has 15 heavy (non-hydrogen) atoms. The summed E-state index contributed by atoms with van der Waals surface area (Å²) in [6.45, 7) is 1.92. The molecule has 0 amide bonds. The molecular formula is C11H12F2O2. The first kappa shape index (κ1) is 11.6. The molecule has 4 heteroatoms. The van der Waals surface area contributed by atoms with Crippen LogP contribution in [0.2, 0.25) is 0 Å². The summed E-state index contributed by atoms with van der Waals surface area (Å²) in [6.07, 6.45) is 0. The van der Waals surface area contributed by atoms with E-state index in [0.29, 0.717) is 16.7 Å². The van der Waals surface area contributed by atoms with E-state index in [1.165, 1.54) is 13.0 Å². The van der Waals surface area contributed by atoms with E-state index in [0.717, 1.165) is 0 Å². The molecule has 0 fully saturated rings. The Labute approximate surface area is 86.9 Å². The van der Waals surface area contributed by atoms with E-state index < -0.39 is 6.61 Å². The number of carbonyl (C=O) groups is 1. The van der Waals surface area contributed by atoms with Gasteiger partial charge in [0.1, 0.15) is 5.75 Å². The standard InChI is InChI=1S/C11H12F2O2/c1-6-5-10(15-11(12)13)7(2)4-9(6)8(3)14/h4-5,11H,1-3H3. The highest BCUT2D eigenvalue weighted by molar-refractivity contribution is 5.95. The maximum Gasteiger partial charge on any atom is 0.387 e. The average molecular weight is 214 g/mol. The second-order valence-corrected chi connectivity index (χ2v) is 3.37. The molecule has 0 unspecified atom stereocenters. The minimum absolute atomic E-state index is 0.0841. The zero-order valence-corrected chi connectivity index (χ0v) is 8.80. The number of rotatable bonds is 3. The van der Waals surface area contributed by atoms with Crippen LogP contribution >= 0.6 is 0 Å². The van der Waals surface area contributed by atoms with Gasteiger partial charge in [0, 0.05) is 5.56 Å². The zero-order valence-electron chi connectivity index (χ0n) is 8.80. The number of benzene rings is 1. The Morgan fingerprint density at radius 3 is 2.33 bits per heavy atom. The summed E-state index contributed by atoms with van der Waals surface area (Å²) in [5.41, 5.74) is 1.71. The summed E-state index contributed by atoms with van der Waals surface area (Å²) in [5.74, 6) is 0.0340. The molecule has 1 aromatic carbocycles. The summed E-state index contributed by atoms with van der Waals surface area (Å²) in [4.78, 5) is 11.2. The van der Waals surface area contributed by atoms with E-state index in [2.05, 4.69) is 4.74 Å². The number of aryl methyl sites for hydroxylation is 2. The normalized spacial score (nSPS) is 10.5. The van der Waals surface area contributed by atoms with Gasteiger partial charge in [-0.1, -0.05) is 0 Å². The fourth-order valence-electron chi connectivity index (χ4n) is 1.39. The smallest absolute Gasteiger partial charge is 0.387 e. The molecule has 0 aromatic heterocycles. The largest absolute Gasteiger partial charge is 0.435 e. The number of hydrogen-bond donors (Lipinski definition) is 0. The highest BCUT2D eigenvalue weighted by Gasteiger charge is 2.11. The number of ketones is 1. The van der Waals surface area contributed by atoms with Crippen LogP contribution in [0.5, 0.6) is 5.75 Å². The van der Waals surface area contributed by atoms with E-state index in [1.54, 1.807) is 19.9 Å². The molecule has 2 nitrogen and oxygen atoms in total. The Bertz CT molecular complexity index is 386. The topological polar surface area (TPSA) is 26.3 Å². The lowest BCUT2D eigenvalue weighted by molar-refractivity contribution is -0.0503. The van der Waals surface area contributed by atoms with Gasteiger partial charge in [0.15, 0.2) is 5.78 Å². The van der Waals surface area contributed by atoms with Crippen molar-refractivity contribution in [1.29, 1.82) is 0 Å². The van der Waals surface area contributed by atoms with Crippen molar-refractivity contribution < 1.29 is 18.3 Å². The summed E-state index contributed by atoms with van der Waals surface area (Å²) >= 11 is 0. The van der Waals surface area contributed by atoms with Gasteiger partial charge in [-0.2, -0.15) is 8.78 Å². The summed E-state index contributed by atoms with van der Waals surface area (Å²) in [5, 5.41) is 0. The first-order valence-corrected chi connectivity index (χ1v) is 4.49. The molecule has 0 N–H and O–H groups in total. The maximum atomic E-state index is 12.0. The second-order valence-electron chi connectivity index (χ2n) is 3.37. The van der Waals surface area contributed by atoms with Gasteiger partial charge in [-0.15, -0.1) is 0 Å². The lowest BCUT2D eigenvalue weighted by atomic mass is 10.0. The number of Topliss-reactive ketones (excluding diaryl/α,β-unsaturated/α-hetero) is 1. The molecule has 1 rings (SSSR count). The fourth-order valence-corrected chi connectivity index (χ4v) is 1.39. The van der Waals surface area contributed by atoms with Crippen LogP contribution in [0.4, 0.5) is 8.78 Å². The highest BCUT2D eigenvalue weighted by atomic mass is 19.3. The maximum absolute atomic E-state index is 12.0. The Morgan fingerprint density at radius 2 is 1.87 bits per heavy atom. The van der Waals surface area contributed by atoms with Gasteiger partial charge in [-0.25, -0.2) is 0 Å². The SMILES string of the molecule is CC(=O)c1cc(C)c(OC(F)F)cc1C. The van der Waals surface area contributed by atoms with Crippen LogP contribution in [0.25, 0.3) is 0 Å². The van der Waals surface area contributed by atoms with Gasteiger partial charge < -0.3 is 4.74 Å². The van der Waals surface area contributed by atoms with Crippen LogP contribution < -0.4 is 4.74 Å². The van der Waals surface area contributed by atoms with Crippen molar-refractivity contribution in [1.82, 2.24) is 0 Å². The monoisotopic (exact) mass is 214 g/mol. The Kier molecular flexibility index (Phi) is 3.39.